The van der Waals surface area contributed by atoms with Crippen molar-refractivity contribution in [3.8, 4) is 0 Å². The van der Waals surface area contributed by atoms with Crippen LogP contribution in [0.4, 0.5) is 5.69 Å². The lowest BCUT2D eigenvalue weighted by Crippen LogP contribution is -2.31. The SMILES string of the molecule is Cc1cc(C)n([C@H]2CC(=O)N(c3ccc(Br)cc3)C2=O)n1. The standard InChI is InChI=1S/C15H14BrN3O2/c1-9-7-10(2)19(17-9)13-8-14(20)18(15(13)21)12-5-3-11(16)4-6-12/h3-7,13H,8H2,1-2H3/t13-/m0/s1. The number of hydrogen-bond donors (Lipinski definition) is 0. The second-order valence-corrected chi connectivity index (χ2v) is 6.05. The first kappa shape index (κ1) is 14.0. The van der Waals surface area contributed by atoms with Crippen molar-refractivity contribution >= 4 is 33.4 Å². The molecule has 108 valence electrons. The van der Waals surface area contributed by atoms with Gasteiger partial charge in [-0.25, -0.2) is 4.90 Å². The van der Waals surface area contributed by atoms with Crippen LogP contribution in [-0.2, 0) is 9.59 Å². The Morgan fingerprint density at radius 2 is 1.86 bits per heavy atom. The minimum Gasteiger partial charge on any atom is -0.274 e. The predicted octanol–water partition coefficient (Wildman–Crippen LogP) is 2.77. The Bertz CT molecular complexity index is 721. The summed E-state index contributed by atoms with van der Waals surface area (Å²) in [7, 11) is 0. The van der Waals surface area contributed by atoms with Gasteiger partial charge in [-0.2, -0.15) is 5.10 Å². The van der Waals surface area contributed by atoms with Gasteiger partial charge in [0.05, 0.1) is 17.8 Å². The summed E-state index contributed by atoms with van der Waals surface area (Å²) in [6.45, 7) is 3.76. The van der Waals surface area contributed by atoms with E-state index in [9.17, 15) is 9.59 Å². The summed E-state index contributed by atoms with van der Waals surface area (Å²) in [4.78, 5) is 26.1. The maximum atomic E-state index is 12.6. The Balaban J connectivity index is 1.95. The zero-order valence-electron chi connectivity index (χ0n) is 11.7. The molecule has 0 N–H and O–H groups in total. The Morgan fingerprint density at radius 3 is 2.43 bits per heavy atom. The number of anilines is 1. The van der Waals surface area contributed by atoms with Gasteiger partial charge in [-0.1, -0.05) is 15.9 Å². The second-order valence-electron chi connectivity index (χ2n) is 5.14. The van der Waals surface area contributed by atoms with E-state index in [1.807, 2.05) is 32.0 Å². The van der Waals surface area contributed by atoms with Gasteiger partial charge in [0.2, 0.25) is 5.91 Å². The number of imide groups is 1. The van der Waals surface area contributed by atoms with Crippen LogP contribution in [0, 0.1) is 13.8 Å². The number of carbonyl (C=O) groups excluding carboxylic acids is 2. The van der Waals surface area contributed by atoms with Gasteiger partial charge in [-0.15, -0.1) is 0 Å². The van der Waals surface area contributed by atoms with E-state index in [2.05, 4.69) is 21.0 Å². The van der Waals surface area contributed by atoms with Crippen LogP contribution in [0.3, 0.4) is 0 Å². The average Bonchev–Trinajstić information content (AvgIpc) is 2.91. The lowest BCUT2D eigenvalue weighted by Gasteiger charge is -2.15. The molecule has 2 amide bonds. The summed E-state index contributed by atoms with van der Waals surface area (Å²) < 4.78 is 2.55. The molecule has 0 spiro atoms. The summed E-state index contributed by atoms with van der Waals surface area (Å²) >= 11 is 3.34. The first-order valence-electron chi connectivity index (χ1n) is 6.62. The molecule has 1 saturated heterocycles. The highest BCUT2D eigenvalue weighted by molar-refractivity contribution is 9.10. The number of aromatic nitrogens is 2. The number of amides is 2. The molecule has 1 aliphatic heterocycles. The highest BCUT2D eigenvalue weighted by Gasteiger charge is 2.41. The fourth-order valence-electron chi connectivity index (χ4n) is 2.63. The Hall–Kier alpha value is -1.95. The molecule has 21 heavy (non-hydrogen) atoms. The van der Waals surface area contributed by atoms with Gasteiger partial charge in [0.15, 0.2) is 0 Å². The van der Waals surface area contributed by atoms with Crippen LogP contribution in [0.5, 0.6) is 0 Å². The van der Waals surface area contributed by atoms with Gasteiger partial charge in [-0.3, -0.25) is 14.3 Å². The number of rotatable bonds is 2. The van der Waals surface area contributed by atoms with Crippen LogP contribution in [0.15, 0.2) is 34.8 Å². The molecule has 1 aromatic carbocycles. The van der Waals surface area contributed by atoms with Gasteiger partial charge < -0.3 is 0 Å². The van der Waals surface area contributed by atoms with E-state index < -0.39 is 6.04 Å². The maximum absolute atomic E-state index is 12.6. The highest BCUT2D eigenvalue weighted by atomic mass is 79.9. The minimum atomic E-state index is -0.546. The molecule has 0 bridgehead atoms. The van der Waals surface area contributed by atoms with E-state index in [4.69, 9.17) is 0 Å². The first-order chi connectivity index (χ1) is 9.97. The lowest BCUT2D eigenvalue weighted by atomic mass is 10.2. The van der Waals surface area contributed by atoms with Crippen molar-refractivity contribution in [3.05, 3.63) is 46.2 Å². The van der Waals surface area contributed by atoms with Crippen molar-refractivity contribution in [2.75, 3.05) is 4.90 Å². The van der Waals surface area contributed by atoms with Crippen molar-refractivity contribution in [2.45, 2.75) is 26.3 Å². The van der Waals surface area contributed by atoms with Crippen molar-refractivity contribution < 1.29 is 9.59 Å². The molecular weight excluding hydrogens is 334 g/mol. The van der Waals surface area contributed by atoms with Crippen molar-refractivity contribution in [3.63, 3.8) is 0 Å². The Morgan fingerprint density at radius 1 is 1.19 bits per heavy atom. The summed E-state index contributed by atoms with van der Waals surface area (Å²) in [5.41, 5.74) is 2.32. The van der Waals surface area contributed by atoms with Crippen molar-refractivity contribution in [1.29, 1.82) is 0 Å². The van der Waals surface area contributed by atoms with Gasteiger partial charge in [0, 0.05) is 10.2 Å². The van der Waals surface area contributed by atoms with Crippen LogP contribution in [0.1, 0.15) is 23.9 Å². The molecule has 3 rings (SSSR count). The number of nitrogens with zero attached hydrogens (tertiary/aromatic N) is 3. The van der Waals surface area contributed by atoms with E-state index in [1.165, 1.54) is 4.90 Å². The van der Waals surface area contributed by atoms with E-state index in [1.54, 1.807) is 16.8 Å². The van der Waals surface area contributed by atoms with Crippen LogP contribution >= 0.6 is 15.9 Å². The van der Waals surface area contributed by atoms with E-state index >= 15 is 0 Å². The maximum Gasteiger partial charge on any atom is 0.259 e. The normalized spacial score (nSPS) is 18.6. The van der Waals surface area contributed by atoms with Gasteiger partial charge in [-0.05, 0) is 44.2 Å². The average molecular weight is 348 g/mol. The molecule has 5 nitrogen and oxygen atoms in total. The number of halogens is 1. The topological polar surface area (TPSA) is 55.2 Å². The monoisotopic (exact) mass is 347 g/mol. The van der Waals surface area contributed by atoms with Gasteiger partial charge in [0.25, 0.3) is 5.91 Å². The second kappa shape index (κ2) is 5.11. The summed E-state index contributed by atoms with van der Waals surface area (Å²) in [5.74, 6) is -0.423. The molecule has 2 heterocycles. The number of aryl methyl sites for hydroxylation is 2. The predicted molar refractivity (Wildman–Crippen MR) is 82.0 cm³/mol. The number of benzene rings is 1. The quantitative estimate of drug-likeness (QED) is 0.785. The van der Waals surface area contributed by atoms with E-state index in [-0.39, 0.29) is 18.2 Å². The highest BCUT2D eigenvalue weighted by Crippen LogP contribution is 2.30. The summed E-state index contributed by atoms with van der Waals surface area (Å²) in [5, 5.41) is 4.33. The molecule has 6 heteroatoms. The van der Waals surface area contributed by atoms with E-state index in [0.717, 1.165) is 15.9 Å². The van der Waals surface area contributed by atoms with E-state index in [0.29, 0.717) is 5.69 Å². The molecule has 1 aliphatic rings. The van der Waals surface area contributed by atoms with Crippen molar-refractivity contribution in [2.24, 2.45) is 0 Å². The van der Waals surface area contributed by atoms with Crippen LogP contribution in [0.2, 0.25) is 0 Å². The number of hydrogen-bond acceptors (Lipinski definition) is 3. The van der Waals surface area contributed by atoms with Crippen molar-refractivity contribution in [1.82, 2.24) is 9.78 Å². The Labute approximate surface area is 130 Å². The summed E-state index contributed by atoms with van der Waals surface area (Å²) in [6.07, 6.45) is 0.150. The Kier molecular flexibility index (Phi) is 3.41. The molecule has 0 radical (unpaired) electrons. The first-order valence-corrected chi connectivity index (χ1v) is 7.42. The zero-order chi connectivity index (χ0) is 15.1. The molecule has 2 aromatic rings. The zero-order valence-corrected chi connectivity index (χ0v) is 13.3. The largest absolute Gasteiger partial charge is 0.274 e. The third-order valence-corrected chi connectivity index (χ3v) is 4.08. The fourth-order valence-corrected chi connectivity index (χ4v) is 2.89. The number of carbonyl (C=O) groups is 2. The molecule has 0 unspecified atom stereocenters. The smallest absolute Gasteiger partial charge is 0.259 e. The molecule has 1 fully saturated rings. The summed E-state index contributed by atoms with van der Waals surface area (Å²) in [6, 6.07) is 8.49. The van der Waals surface area contributed by atoms with Crippen LogP contribution in [-0.4, -0.2) is 21.6 Å². The third kappa shape index (κ3) is 2.40. The molecule has 1 atom stereocenters. The third-order valence-electron chi connectivity index (χ3n) is 3.55. The molecule has 1 aromatic heterocycles. The lowest BCUT2D eigenvalue weighted by molar-refractivity contribution is -0.122. The molecular formula is C15H14BrN3O2. The molecule has 0 aliphatic carbocycles. The van der Waals surface area contributed by atoms with Crippen LogP contribution < -0.4 is 4.90 Å². The van der Waals surface area contributed by atoms with Gasteiger partial charge >= 0.3 is 0 Å². The molecule has 0 saturated carbocycles. The van der Waals surface area contributed by atoms with Crippen LogP contribution in [0.25, 0.3) is 0 Å². The van der Waals surface area contributed by atoms with Gasteiger partial charge in [0.1, 0.15) is 6.04 Å². The minimum absolute atomic E-state index is 0.150. The fraction of sp³-hybridized carbons (Fsp3) is 0.267.